The molecule has 0 aliphatic heterocycles. The van der Waals surface area contributed by atoms with Crippen molar-refractivity contribution >= 4 is 23.0 Å². The Labute approximate surface area is 186 Å². The molecule has 0 aliphatic rings. The molecule has 0 spiro atoms. The summed E-state index contributed by atoms with van der Waals surface area (Å²) in [4.78, 5) is 17.3. The highest BCUT2D eigenvalue weighted by molar-refractivity contribution is 5.99. The van der Waals surface area contributed by atoms with E-state index < -0.39 is 6.04 Å². The first-order chi connectivity index (χ1) is 15.4. The van der Waals surface area contributed by atoms with Crippen LogP contribution in [0.1, 0.15) is 30.8 Å². The number of benzene rings is 1. The average Bonchev–Trinajstić information content (AvgIpc) is 3.42. The van der Waals surface area contributed by atoms with Crippen LogP contribution in [0.2, 0.25) is 0 Å². The van der Waals surface area contributed by atoms with E-state index in [4.69, 9.17) is 0 Å². The van der Waals surface area contributed by atoms with Crippen molar-refractivity contribution in [1.29, 1.82) is 0 Å². The summed E-state index contributed by atoms with van der Waals surface area (Å²) in [6.45, 7) is 4.31. The van der Waals surface area contributed by atoms with Crippen LogP contribution >= 0.6 is 0 Å². The molecule has 0 fully saturated rings. The Hall–Kier alpha value is -3.59. The molecule has 3 aromatic rings. The second-order valence-corrected chi connectivity index (χ2v) is 7.57. The summed E-state index contributed by atoms with van der Waals surface area (Å²) in [5.74, 6) is 0.0574. The minimum Gasteiger partial charge on any atom is -0.310 e. The fourth-order valence-corrected chi connectivity index (χ4v) is 3.17. The lowest BCUT2D eigenvalue weighted by molar-refractivity contribution is -0.118. The van der Waals surface area contributed by atoms with E-state index in [-0.39, 0.29) is 11.7 Å². The predicted octanol–water partition coefficient (Wildman–Crippen LogP) is 3.12. The lowest BCUT2D eigenvalue weighted by Crippen LogP contribution is -2.42. The number of halogens is 1. The Morgan fingerprint density at radius 2 is 2.03 bits per heavy atom. The molecule has 0 bridgehead atoms. The monoisotopic (exact) mass is 437 g/mol. The molecule has 1 unspecified atom stereocenters. The summed E-state index contributed by atoms with van der Waals surface area (Å²) in [6.07, 6.45) is 4.00. The Morgan fingerprint density at radius 1 is 1.28 bits per heavy atom. The van der Waals surface area contributed by atoms with E-state index in [1.807, 2.05) is 32.1 Å². The lowest BCUT2D eigenvalue weighted by Gasteiger charge is -2.18. The van der Waals surface area contributed by atoms with Crippen LogP contribution in [0.25, 0.3) is 5.57 Å². The van der Waals surface area contributed by atoms with Gasteiger partial charge in [0.15, 0.2) is 0 Å². The van der Waals surface area contributed by atoms with Gasteiger partial charge in [-0.3, -0.25) is 24.9 Å². The molecule has 2 heterocycles. The van der Waals surface area contributed by atoms with Gasteiger partial charge < -0.3 is 5.32 Å². The fraction of sp³-hybridized carbons (Fsp3) is 0.304. The van der Waals surface area contributed by atoms with E-state index >= 15 is 0 Å². The number of H-pyrrole nitrogens is 1. The minimum atomic E-state index is -0.548. The normalized spacial score (nSPS) is 13.3. The molecule has 0 radical (unpaired) electrons. The van der Waals surface area contributed by atoms with Crippen molar-refractivity contribution in [2.24, 2.45) is 12.0 Å². The molecule has 32 heavy (non-hydrogen) atoms. The highest BCUT2D eigenvalue weighted by atomic mass is 19.1. The fourth-order valence-electron chi connectivity index (χ4n) is 3.17. The third kappa shape index (κ3) is 6.21. The van der Waals surface area contributed by atoms with Crippen LogP contribution in [0.5, 0.6) is 0 Å². The molecular formula is C23H28FN7O. The van der Waals surface area contributed by atoms with E-state index in [9.17, 15) is 9.18 Å². The molecule has 0 saturated heterocycles. The van der Waals surface area contributed by atoms with Gasteiger partial charge in [0, 0.05) is 44.3 Å². The maximum absolute atomic E-state index is 13.3. The minimum absolute atomic E-state index is 0.212. The van der Waals surface area contributed by atoms with Crippen molar-refractivity contribution in [2.45, 2.75) is 32.9 Å². The summed E-state index contributed by atoms with van der Waals surface area (Å²) >= 11 is 0. The number of anilines is 1. The maximum Gasteiger partial charge on any atom is 0.243 e. The largest absolute Gasteiger partial charge is 0.310 e. The number of aromatic nitrogens is 4. The number of amides is 1. The summed E-state index contributed by atoms with van der Waals surface area (Å²) in [7, 11) is 3.51. The zero-order valence-electron chi connectivity index (χ0n) is 18.7. The first kappa shape index (κ1) is 23.1. The van der Waals surface area contributed by atoms with Gasteiger partial charge in [-0.1, -0.05) is 12.1 Å². The predicted molar refractivity (Wildman–Crippen MR) is 124 cm³/mol. The van der Waals surface area contributed by atoms with Gasteiger partial charge in [-0.25, -0.2) is 4.39 Å². The average molecular weight is 438 g/mol. The second kappa shape index (κ2) is 10.6. The van der Waals surface area contributed by atoms with Crippen LogP contribution in [0.15, 0.2) is 53.7 Å². The molecule has 2 aromatic heterocycles. The highest BCUT2D eigenvalue weighted by Gasteiger charge is 2.21. The molecule has 0 aliphatic carbocycles. The first-order valence-electron chi connectivity index (χ1n) is 10.3. The van der Waals surface area contributed by atoms with Gasteiger partial charge in [0.25, 0.3) is 0 Å². The van der Waals surface area contributed by atoms with Crippen molar-refractivity contribution in [3.63, 3.8) is 0 Å². The number of carbonyl (C=O) groups is 1. The smallest absolute Gasteiger partial charge is 0.243 e. The number of nitrogens with one attached hydrogen (secondary N) is 3. The molecule has 3 N–H and O–H groups in total. The number of hydrogen-bond donors (Lipinski definition) is 3. The van der Waals surface area contributed by atoms with E-state index in [2.05, 4.69) is 30.9 Å². The molecule has 3 rings (SSSR count). The summed E-state index contributed by atoms with van der Waals surface area (Å²) < 4.78 is 14.9. The van der Waals surface area contributed by atoms with E-state index in [1.54, 1.807) is 37.1 Å². The van der Waals surface area contributed by atoms with E-state index in [1.165, 1.54) is 12.1 Å². The van der Waals surface area contributed by atoms with Crippen LogP contribution in [0.3, 0.4) is 0 Å². The summed E-state index contributed by atoms with van der Waals surface area (Å²) in [6, 6.07) is 9.27. The number of rotatable bonds is 9. The van der Waals surface area contributed by atoms with Gasteiger partial charge in [-0.15, -0.1) is 0 Å². The molecule has 168 valence electrons. The van der Waals surface area contributed by atoms with Gasteiger partial charge in [-0.2, -0.15) is 10.2 Å². The maximum atomic E-state index is 13.3. The summed E-state index contributed by atoms with van der Waals surface area (Å²) in [5.41, 5.74) is 4.30. The third-order valence-corrected chi connectivity index (χ3v) is 5.08. The number of aromatic amines is 1. The molecule has 9 heteroatoms. The first-order valence-corrected chi connectivity index (χ1v) is 10.3. The van der Waals surface area contributed by atoms with Crippen molar-refractivity contribution in [3.8, 4) is 0 Å². The van der Waals surface area contributed by atoms with Gasteiger partial charge in [0.1, 0.15) is 11.6 Å². The zero-order valence-corrected chi connectivity index (χ0v) is 18.7. The van der Waals surface area contributed by atoms with Gasteiger partial charge in [0.2, 0.25) is 5.91 Å². The molecule has 1 atom stereocenters. The number of aryl methyl sites for hydroxylation is 1. The van der Waals surface area contributed by atoms with Crippen molar-refractivity contribution < 1.29 is 9.18 Å². The molecule has 0 saturated carbocycles. The number of hydrogen-bond acceptors (Lipinski definition) is 5. The van der Waals surface area contributed by atoms with Crippen molar-refractivity contribution in [3.05, 3.63) is 71.4 Å². The van der Waals surface area contributed by atoms with Crippen LogP contribution in [0.4, 0.5) is 10.2 Å². The highest BCUT2D eigenvalue weighted by Crippen LogP contribution is 2.18. The van der Waals surface area contributed by atoms with Crippen LogP contribution in [-0.2, 0) is 24.8 Å². The Bertz CT molecular complexity index is 1100. The number of nitrogens with zero attached hydrogens (tertiary/aromatic N) is 4. The standard InChI is InChI=1S/C23H28FN7O/c1-15(11-16(2)25-3)20-13-22(31(4)30-20)28-23(32)21(26-14-19-9-10-27-29-19)12-17-5-7-18(24)8-6-17/h5-11,13,21,26H,12,14H2,1-4H3,(H,27,29)(H,28,32)/b15-11+,25-16?. The van der Waals surface area contributed by atoms with E-state index in [0.717, 1.165) is 28.2 Å². The molecule has 1 amide bonds. The number of aliphatic imine (C=N–C) groups is 1. The van der Waals surface area contributed by atoms with Gasteiger partial charge in [0.05, 0.1) is 11.7 Å². The number of allylic oxidation sites excluding steroid dienone is 2. The van der Waals surface area contributed by atoms with Crippen molar-refractivity contribution in [2.75, 3.05) is 12.4 Å². The molecule has 8 nitrogen and oxygen atoms in total. The Morgan fingerprint density at radius 3 is 2.69 bits per heavy atom. The zero-order chi connectivity index (χ0) is 23.1. The van der Waals surface area contributed by atoms with Gasteiger partial charge in [-0.05, 0) is 55.7 Å². The number of carbonyl (C=O) groups excluding carboxylic acids is 1. The van der Waals surface area contributed by atoms with Crippen LogP contribution in [0, 0.1) is 5.82 Å². The summed E-state index contributed by atoms with van der Waals surface area (Å²) in [5, 5.41) is 17.5. The Balaban J connectivity index is 1.76. The lowest BCUT2D eigenvalue weighted by atomic mass is 10.0. The Kier molecular flexibility index (Phi) is 7.67. The van der Waals surface area contributed by atoms with Crippen LogP contribution in [-0.4, -0.2) is 44.7 Å². The van der Waals surface area contributed by atoms with Gasteiger partial charge >= 0.3 is 0 Å². The molecule has 1 aromatic carbocycles. The van der Waals surface area contributed by atoms with Crippen LogP contribution < -0.4 is 10.6 Å². The third-order valence-electron chi connectivity index (χ3n) is 5.08. The quantitative estimate of drug-likeness (QED) is 0.448. The topological polar surface area (TPSA) is 100.0 Å². The SMILES string of the molecule is CN=C(C)/C=C(\C)c1cc(NC(=O)C(Cc2ccc(F)cc2)NCc2ccn[nH]2)n(C)n1. The second-order valence-electron chi connectivity index (χ2n) is 7.57. The van der Waals surface area contributed by atoms with E-state index in [0.29, 0.717) is 18.8 Å². The van der Waals surface area contributed by atoms with Crippen molar-refractivity contribution in [1.82, 2.24) is 25.3 Å². The molecular weight excluding hydrogens is 409 g/mol.